The van der Waals surface area contributed by atoms with Gasteiger partial charge >= 0.3 is 0 Å². The SMILES string of the molecule is CNC(CCC=O)C(=O)NC(CCC(C)=O)C(=O)NC(CCC(C)=O)C(N)=O. The summed E-state index contributed by atoms with van der Waals surface area (Å²) in [7, 11) is 1.55. The van der Waals surface area contributed by atoms with Crippen molar-refractivity contribution in [2.24, 2.45) is 5.73 Å². The van der Waals surface area contributed by atoms with E-state index in [9.17, 15) is 28.8 Å². The first-order chi connectivity index (χ1) is 13.1. The number of hydrogen-bond donors (Lipinski definition) is 4. The van der Waals surface area contributed by atoms with E-state index in [1.807, 2.05) is 0 Å². The highest BCUT2D eigenvalue weighted by molar-refractivity contribution is 5.93. The molecule has 0 aliphatic heterocycles. The molecule has 0 saturated heterocycles. The minimum absolute atomic E-state index is 0.0369. The van der Waals surface area contributed by atoms with Crippen LogP contribution in [0.1, 0.15) is 52.4 Å². The van der Waals surface area contributed by atoms with Gasteiger partial charge in [-0.25, -0.2) is 0 Å². The van der Waals surface area contributed by atoms with Gasteiger partial charge in [-0.3, -0.25) is 14.4 Å². The lowest BCUT2D eigenvalue weighted by atomic mass is 10.0. The van der Waals surface area contributed by atoms with Gasteiger partial charge in [-0.05, 0) is 40.2 Å². The van der Waals surface area contributed by atoms with Crippen LogP contribution in [0, 0.1) is 0 Å². The highest BCUT2D eigenvalue weighted by atomic mass is 16.2. The van der Waals surface area contributed by atoms with Gasteiger partial charge in [0.25, 0.3) is 0 Å². The van der Waals surface area contributed by atoms with Crippen molar-refractivity contribution >= 4 is 35.6 Å². The highest BCUT2D eigenvalue weighted by Gasteiger charge is 2.28. The van der Waals surface area contributed by atoms with E-state index in [1.165, 1.54) is 13.8 Å². The van der Waals surface area contributed by atoms with Crippen molar-refractivity contribution in [2.45, 2.75) is 70.5 Å². The summed E-state index contributed by atoms with van der Waals surface area (Å²) in [5.74, 6) is -2.31. The predicted octanol–water partition coefficient (Wildman–Crippen LogP) is -1.25. The maximum Gasteiger partial charge on any atom is 0.243 e. The number of likely N-dealkylation sites (N-methyl/N-ethyl adjacent to an activating group) is 1. The molecule has 3 amide bonds. The van der Waals surface area contributed by atoms with Gasteiger partial charge in [0.05, 0.1) is 6.04 Å². The van der Waals surface area contributed by atoms with Crippen molar-refractivity contribution in [2.75, 3.05) is 7.05 Å². The summed E-state index contributed by atoms with van der Waals surface area (Å²) in [6, 6.07) is -2.83. The average molecular weight is 398 g/mol. The number of aldehydes is 1. The molecule has 158 valence electrons. The van der Waals surface area contributed by atoms with Gasteiger partial charge in [-0.2, -0.15) is 0 Å². The lowest BCUT2D eigenvalue weighted by molar-refractivity contribution is -0.132. The summed E-state index contributed by atoms with van der Waals surface area (Å²) in [5.41, 5.74) is 5.27. The molecule has 0 aromatic carbocycles. The largest absolute Gasteiger partial charge is 0.368 e. The summed E-state index contributed by atoms with van der Waals surface area (Å²) in [6.45, 7) is 2.71. The molecule has 0 heterocycles. The molecule has 0 rings (SSSR count). The Hall–Kier alpha value is -2.62. The molecular weight excluding hydrogens is 368 g/mol. The summed E-state index contributed by atoms with van der Waals surface area (Å²) in [6.07, 6.45) is 1.28. The Morgan fingerprint density at radius 2 is 1.29 bits per heavy atom. The van der Waals surface area contributed by atoms with Crippen molar-refractivity contribution in [1.82, 2.24) is 16.0 Å². The Bertz CT molecular complexity index is 593. The van der Waals surface area contributed by atoms with Crippen LogP contribution in [-0.2, 0) is 28.8 Å². The van der Waals surface area contributed by atoms with Crippen molar-refractivity contribution in [3.8, 4) is 0 Å². The summed E-state index contributed by atoms with van der Waals surface area (Å²) >= 11 is 0. The van der Waals surface area contributed by atoms with Gasteiger partial charge in [0.15, 0.2) is 0 Å². The van der Waals surface area contributed by atoms with Crippen LogP contribution >= 0.6 is 0 Å². The number of hydrogen-bond acceptors (Lipinski definition) is 7. The van der Waals surface area contributed by atoms with Crippen LogP contribution in [0.2, 0.25) is 0 Å². The van der Waals surface area contributed by atoms with E-state index in [4.69, 9.17) is 5.73 Å². The number of primary amides is 1. The van der Waals surface area contributed by atoms with Crippen molar-refractivity contribution in [3.05, 3.63) is 0 Å². The van der Waals surface area contributed by atoms with Gasteiger partial charge < -0.3 is 36.1 Å². The standard InChI is InChI=1S/C18H30N4O6/c1-11(24)6-8-13(16(19)26)21-18(28)15(9-7-12(2)25)22-17(27)14(20-3)5-4-10-23/h10,13-15,20H,4-9H2,1-3H3,(H2,19,26)(H,21,28)(H,22,27). The van der Waals surface area contributed by atoms with E-state index in [2.05, 4.69) is 16.0 Å². The number of amides is 3. The Kier molecular flexibility index (Phi) is 12.3. The van der Waals surface area contributed by atoms with E-state index in [0.717, 1.165) is 0 Å². The zero-order chi connectivity index (χ0) is 21.7. The molecule has 0 saturated carbocycles. The van der Waals surface area contributed by atoms with E-state index >= 15 is 0 Å². The van der Waals surface area contributed by atoms with Gasteiger partial charge in [-0.15, -0.1) is 0 Å². The Balaban J connectivity index is 5.17. The van der Waals surface area contributed by atoms with Gasteiger partial charge in [0, 0.05) is 19.3 Å². The van der Waals surface area contributed by atoms with Crippen molar-refractivity contribution in [3.63, 3.8) is 0 Å². The maximum atomic E-state index is 12.6. The molecule has 3 unspecified atom stereocenters. The normalized spacial score (nSPS) is 13.7. The first kappa shape index (κ1) is 25.4. The smallest absolute Gasteiger partial charge is 0.243 e. The van der Waals surface area contributed by atoms with Crippen molar-refractivity contribution in [1.29, 1.82) is 0 Å². The second-order valence-electron chi connectivity index (χ2n) is 6.59. The Morgan fingerprint density at radius 3 is 1.71 bits per heavy atom. The molecule has 10 nitrogen and oxygen atoms in total. The average Bonchev–Trinajstić information content (AvgIpc) is 2.61. The molecule has 0 aliphatic carbocycles. The molecule has 0 fully saturated rings. The fraction of sp³-hybridized carbons (Fsp3) is 0.667. The van der Waals surface area contributed by atoms with E-state index < -0.39 is 35.8 Å². The van der Waals surface area contributed by atoms with Crippen LogP contribution < -0.4 is 21.7 Å². The second kappa shape index (κ2) is 13.5. The number of rotatable bonds is 15. The number of nitrogens with one attached hydrogen (secondary N) is 3. The molecule has 10 heteroatoms. The number of Topliss-reactive ketones (excluding diaryl/α,β-unsaturated/α-hetero) is 2. The van der Waals surface area contributed by atoms with Gasteiger partial charge in [0.2, 0.25) is 17.7 Å². The molecule has 0 radical (unpaired) electrons. The minimum atomic E-state index is -1.07. The number of nitrogens with two attached hydrogens (primary N) is 1. The van der Waals surface area contributed by atoms with Crippen molar-refractivity contribution < 1.29 is 28.8 Å². The number of carbonyl (C=O) groups is 6. The lowest BCUT2D eigenvalue weighted by Crippen LogP contribution is -2.55. The molecule has 0 aromatic heterocycles. The monoisotopic (exact) mass is 398 g/mol. The molecule has 28 heavy (non-hydrogen) atoms. The predicted molar refractivity (Wildman–Crippen MR) is 101 cm³/mol. The lowest BCUT2D eigenvalue weighted by Gasteiger charge is -2.23. The van der Waals surface area contributed by atoms with Crippen LogP contribution in [0.25, 0.3) is 0 Å². The van der Waals surface area contributed by atoms with Crippen LogP contribution in [0.3, 0.4) is 0 Å². The van der Waals surface area contributed by atoms with Gasteiger partial charge in [-0.1, -0.05) is 0 Å². The Morgan fingerprint density at radius 1 is 0.821 bits per heavy atom. The molecule has 0 aromatic rings. The second-order valence-corrected chi connectivity index (χ2v) is 6.59. The number of ketones is 2. The fourth-order valence-electron chi connectivity index (χ4n) is 2.44. The first-order valence-corrected chi connectivity index (χ1v) is 9.12. The van der Waals surface area contributed by atoms with E-state index in [-0.39, 0.29) is 50.1 Å². The summed E-state index contributed by atoms with van der Waals surface area (Å²) < 4.78 is 0. The Labute approximate surface area is 164 Å². The zero-order valence-electron chi connectivity index (χ0n) is 16.6. The maximum absolute atomic E-state index is 12.6. The number of carbonyl (C=O) groups excluding carboxylic acids is 6. The van der Waals surface area contributed by atoms with Crippen LogP contribution in [0.4, 0.5) is 0 Å². The van der Waals surface area contributed by atoms with E-state index in [0.29, 0.717) is 6.29 Å². The third-order valence-corrected chi connectivity index (χ3v) is 4.10. The van der Waals surface area contributed by atoms with E-state index in [1.54, 1.807) is 7.05 Å². The summed E-state index contributed by atoms with van der Waals surface area (Å²) in [5, 5.41) is 7.73. The summed E-state index contributed by atoms with van der Waals surface area (Å²) in [4.78, 5) is 69.4. The molecule has 5 N–H and O–H groups in total. The molecular formula is C18H30N4O6. The van der Waals surface area contributed by atoms with Crippen LogP contribution in [0.15, 0.2) is 0 Å². The molecule has 0 aliphatic rings. The quantitative estimate of drug-likeness (QED) is 0.250. The third kappa shape index (κ3) is 10.5. The molecule has 0 spiro atoms. The van der Waals surface area contributed by atoms with Crippen LogP contribution in [0.5, 0.6) is 0 Å². The topological polar surface area (TPSA) is 165 Å². The van der Waals surface area contributed by atoms with Gasteiger partial charge in [0.1, 0.15) is 29.9 Å². The highest BCUT2D eigenvalue weighted by Crippen LogP contribution is 2.05. The van der Waals surface area contributed by atoms with Crippen LogP contribution in [-0.4, -0.2) is 60.7 Å². The minimum Gasteiger partial charge on any atom is -0.368 e. The first-order valence-electron chi connectivity index (χ1n) is 9.12. The third-order valence-electron chi connectivity index (χ3n) is 4.10. The molecule has 0 bridgehead atoms. The molecule has 3 atom stereocenters. The fourth-order valence-corrected chi connectivity index (χ4v) is 2.44. The zero-order valence-corrected chi connectivity index (χ0v) is 16.6.